The quantitative estimate of drug-likeness (QED) is 0.696. The minimum atomic E-state index is -0.946. The van der Waals surface area contributed by atoms with Crippen LogP contribution in [-0.2, 0) is 16.1 Å². The summed E-state index contributed by atoms with van der Waals surface area (Å²) in [5, 5.41) is 14.5. The summed E-state index contributed by atoms with van der Waals surface area (Å²) in [6, 6.07) is 3.11. The van der Waals surface area contributed by atoms with Crippen molar-refractivity contribution < 1.29 is 23.5 Å². The first-order valence-electron chi connectivity index (χ1n) is 8.10. The number of nitrogens with one attached hydrogen (secondary N) is 2. The lowest BCUT2D eigenvalue weighted by atomic mass is 10.0. The van der Waals surface area contributed by atoms with Gasteiger partial charge in [-0.05, 0) is 19.9 Å². The molecule has 1 aromatic rings. The number of carbonyl (C=O) groups is 2. The minimum absolute atomic E-state index is 0.0261. The SMILES string of the molecule is CC(C)(CO)NC(=O)CC1C(=O)NCCN1Cc1cccc(F)c1F. The first kappa shape index (κ1) is 19.3. The van der Waals surface area contributed by atoms with Crippen molar-refractivity contribution in [2.75, 3.05) is 19.7 Å². The zero-order chi connectivity index (χ0) is 18.6. The standard InChI is InChI=1S/C17H23F2N3O3/c1-17(2,10-23)21-14(24)8-13-16(25)20-6-7-22(13)9-11-4-3-5-12(18)15(11)19/h3-5,13,23H,6-10H2,1-2H3,(H,20,25)(H,21,24). The van der Waals surface area contributed by atoms with Crippen LogP contribution in [0, 0.1) is 11.6 Å². The maximum atomic E-state index is 13.9. The van der Waals surface area contributed by atoms with Crippen molar-refractivity contribution in [3.8, 4) is 0 Å². The van der Waals surface area contributed by atoms with Crippen molar-refractivity contribution in [1.82, 2.24) is 15.5 Å². The fourth-order valence-corrected chi connectivity index (χ4v) is 2.71. The second kappa shape index (κ2) is 7.88. The van der Waals surface area contributed by atoms with Gasteiger partial charge in [-0.25, -0.2) is 8.78 Å². The van der Waals surface area contributed by atoms with Crippen molar-refractivity contribution in [2.24, 2.45) is 0 Å². The van der Waals surface area contributed by atoms with Gasteiger partial charge in [0.1, 0.15) is 0 Å². The molecule has 0 aromatic heterocycles. The molecule has 25 heavy (non-hydrogen) atoms. The van der Waals surface area contributed by atoms with Gasteiger partial charge in [0.05, 0.1) is 24.6 Å². The molecule has 1 unspecified atom stereocenters. The van der Waals surface area contributed by atoms with Crippen molar-refractivity contribution in [2.45, 2.75) is 38.4 Å². The molecule has 1 fully saturated rings. The Labute approximate surface area is 145 Å². The van der Waals surface area contributed by atoms with Gasteiger partial charge in [0.25, 0.3) is 0 Å². The Bertz CT molecular complexity index is 652. The molecule has 0 radical (unpaired) electrons. The average Bonchev–Trinajstić information content (AvgIpc) is 2.54. The van der Waals surface area contributed by atoms with Gasteiger partial charge in [0.15, 0.2) is 11.6 Å². The zero-order valence-electron chi connectivity index (χ0n) is 14.3. The fraction of sp³-hybridized carbons (Fsp3) is 0.529. The van der Waals surface area contributed by atoms with Crippen LogP contribution in [0.1, 0.15) is 25.8 Å². The Morgan fingerprint density at radius 2 is 2.16 bits per heavy atom. The van der Waals surface area contributed by atoms with Crippen molar-refractivity contribution >= 4 is 11.8 Å². The molecule has 1 aliphatic heterocycles. The molecule has 0 saturated carbocycles. The van der Waals surface area contributed by atoms with Crippen LogP contribution >= 0.6 is 0 Å². The average molecular weight is 355 g/mol. The lowest BCUT2D eigenvalue weighted by molar-refractivity contribution is -0.135. The number of halogens is 2. The van der Waals surface area contributed by atoms with Crippen LogP contribution in [-0.4, -0.2) is 53.1 Å². The molecule has 1 atom stereocenters. The number of hydrogen-bond donors (Lipinski definition) is 3. The molecule has 1 aromatic carbocycles. The van der Waals surface area contributed by atoms with E-state index in [0.29, 0.717) is 13.1 Å². The zero-order valence-corrected chi connectivity index (χ0v) is 14.3. The molecule has 1 saturated heterocycles. The maximum Gasteiger partial charge on any atom is 0.237 e. The molecule has 1 aliphatic rings. The van der Waals surface area contributed by atoms with E-state index in [1.165, 1.54) is 12.1 Å². The second-order valence-electron chi connectivity index (χ2n) is 6.78. The van der Waals surface area contributed by atoms with E-state index in [4.69, 9.17) is 0 Å². The highest BCUT2D eigenvalue weighted by atomic mass is 19.2. The molecule has 3 N–H and O–H groups in total. The molecule has 6 nitrogen and oxygen atoms in total. The lowest BCUT2D eigenvalue weighted by Crippen LogP contribution is -2.57. The van der Waals surface area contributed by atoms with E-state index in [9.17, 15) is 23.5 Å². The number of amides is 2. The Balaban J connectivity index is 2.11. The summed E-state index contributed by atoms with van der Waals surface area (Å²) in [6.07, 6.45) is -0.133. The van der Waals surface area contributed by atoms with Crippen molar-refractivity contribution in [3.63, 3.8) is 0 Å². The molecule has 0 bridgehead atoms. The summed E-state index contributed by atoms with van der Waals surface area (Å²) >= 11 is 0. The largest absolute Gasteiger partial charge is 0.394 e. The monoisotopic (exact) mass is 355 g/mol. The van der Waals surface area contributed by atoms with Gasteiger partial charge in [-0.1, -0.05) is 12.1 Å². The number of aliphatic hydroxyl groups is 1. The van der Waals surface area contributed by atoms with Crippen molar-refractivity contribution in [1.29, 1.82) is 0 Å². The summed E-state index contributed by atoms with van der Waals surface area (Å²) in [5.74, 6) is -2.62. The fourth-order valence-electron chi connectivity index (χ4n) is 2.71. The van der Waals surface area contributed by atoms with Crippen LogP contribution in [0.3, 0.4) is 0 Å². The molecule has 2 rings (SSSR count). The normalized spacial score (nSPS) is 18.8. The summed E-state index contributed by atoms with van der Waals surface area (Å²) < 4.78 is 27.3. The Hall–Kier alpha value is -2.06. The van der Waals surface area contributed by atoms with E-state index in [2.05, 4.69) is 10.6 Å². The predicted octanol–water partition coefficient (Wildman–Crippen LogP) is 0.542. The van der Waals surface area contributed by atoms with Gasteiger partial charge in [0.2, 0.25) is 11.8 Å². The Morgan fingerprint density at radius 1 is 1.44 bits per heavy atom. The van der Waals surface area contributed by atoms with Gasteiger partial charge in [-0.3, -0.25) is 14.5 Å². The second-order valence-corrected chi connectivity index (χ2v) is 6.78. The highest BCUT2D eigenvalue weighted by Gasteiger charge is 2.33. The van der Waals surface area contributed by atoms with Crippen LogP contribution < -0.4 is 10.6 Å². The van der Waals surface area contributed by atoms with E-state index in [1.807, 2.05) is 0 Å². The van der Waals surface area contributed by atoms with Gasteiger partial charge >= 0.3 is 0 Å². The smallest absolute Gasteiger partial charge is 0.237 e. The van der Waals surface area contributed by atoms with E-state index < -0.39 is 29.1 Å². The third-order valence-corrected chi connectivity index (χ3v) is 4.10. The van der Waals surface area contributed by atoms with E-state index >= 15 is 0 Å². The summed E-state index contributed by atoms with van der Waals surface area (Å²) in [5.41, 5.74) is -0.669. The predicted molar refractivity (Wildman–Crippen MR) is 87.5 cm³/mol. The van der Waals surface area contributed by atoms with E-state index in [1.54, 1.807) is 18.7 Å². The van der Waals surface area contributed by atoms with Crippen LogP contribution in [0.4, 0.5) is 8.78 Å². The molecule has 2 amide bonds. The van der Waals surface area contributed by atoms with Gasteiger partial charge < -0.3 is 15.7 Å². The number of aliphatic hydroxyl groups excluding tert-OH is 1. The third-order valence-electron chi connectivity index (χ3n) is 4.10. The molecule has 8 heteroatoms. The van der Waals surface area contributed by atoms with Gasteiger partial charge in [-0.2, -0.15) is 0 Å². The number of hydrogen-bond acceptors (Lipinski definition) is 4. The molecule has 138 valence electrons. The summed E-state index contributed by atoms with van der Waals surface area (Å²) in [7, 11) is 0. The Morgan fingerprint density at radius 3 is 2.84 bits per heavy atom. The van der Waals surface area contributed by atoms with Crippen molar-refractivity contribution in [3.05, 3.63) is 35.4 Å². The number of benzene rings is 1. The number of piperazine rings is 1. The first-order chi connectivity index (χ1) is 11.7. The topological polar surface area (TPSA) is 81.7 Å². The Kier molecular flexibility index (Phi) is 6.07. The number of nitrogens with zero attached hydrogens (tertiary/aromatic N) is 1. The van der Waals surface area contributed by atoms with E-state index in [0.717, 1.165) is 6.07 Å². The summed E-state index contributed by atoms with van der Waals surface area (Å²) in [4.78, 5) is 26.0. The van der Waals surface area contributed by atoms with Crippen LogP contribution in [0.25, 0.3) is 0 Å². The lowest BCUT2D eigenvalue weighted by Gasteiger charge is -2.35. The number of rotatable bonds is 6. The van der Waals surface area contributed by atoms with E-state index in [-0.39, 0.29) is 31.0 Å². The maximum absolute atomic E-state index is 13.9. The van der Waals surface area contributed by atoms with Crippen LogP contribution in [0.15, 0.2) is 18.2 Å². The molecule has 0 aliphatic carbocycles. The number of carbonyl (C=O) groups excluding carboxylic acids is 2. The minimum Gasteiger partial charge on any atom is -0.394 e. The third kappa shape index (κ3) is 4.96. The summed E-state index contributed by atoms with van der Waals surface area (Å²) in [6.45, 7) is 3.89. The van der Waals surface area contributed by atoms with Gasteiger partial charge in [-0.15, -0.1) is 0 Å². The molecular formula is C17H23F2N3O3. The highest BCUT2D eigenvalue weighted by molar-refractivity contribution is 5.89. The van der Waals surface area contributed by atoms with Crippen LogP contribution in [0.2, 0.25) is 0 Å². The van der Waals surface area contributed by atoms with Gasteiger partial charge in [0, 0.05) is 25.2 Å². The first-order valence-corrected chi connectivity index (χ1v) is 8.10. The highest BCUT2D eigenvalue weighted by Crippen LogP contribution is 2.18. The van der Waals surface area contributed by atoms with Crippen LogP contribution in [0.5, 0.6) is 0 Å². The molecule has 0 spiro atoms. The molecule has 1 heterocycles. The molecular weight excluding hydrogens is 332 g/mol.